The molecule has 0 aromatic carbocycles. The largest absolute Gasteiger partial charge is 0.325 e. The van der Waals surface area contributed by atoms with Crippen molar-refractivity contribution in [3.63, 3.8) is 0 Å². The van der Waals surface area contributed by atoms with Crippen molar-refractivity contribution in [3.05, 3.63) is 47.7 Å². The molecule has 0 aliphatic rings. The minimum absolute atomic E-state index is 0.261. The summed E-state index contributed by atoms with van der Waals surface area (Å²) in [4.78, 5) is 8.77. The first-order chi connectivity index (χ1) is 11.5. The zero-order chi connectivity index (χ0) is 18.7. The molecule has 0 atom stereocenters. The van der Waals surface area contributed by atoms with E-state index in [-0.39, 0.29) is 6.04 Å². The zero-order valence-corrected chi connectivity index (χ0v) is 16.1. The van der Waals surface area contributed by atoms with Gasteiger partial charge in [0.05, 0.1) is 17.1 Å². The highest BCUT2D eigenvalue weighted by Crippen LogP contribution is 2.26. The maximum absolute atomic E-state index is 5.90. The van der Waals surface area contributed by atoms with Crippen molar-refractivity contribution in [1.82, 2.24) is 9.66 Å². The van der Waals surface area contributed by atoms with Gasteiger partial charge in [0.25, 0.3) is 0 Å². The van der Waals surface area contributed by atoms with Crippen LogP contribution in [0.15, 0.2) is 35.5 Å². The number of nitrogens with two attached hydrogens (primary N) is 1. The normalized spacial score (nSPS) is 11.8. The summed E-state index contributed by atoms with van der Waals surface area (Å²) in [6, 6.07) is 0.261. The second kappa shape index (κ2) is 11.4. The van der Waals surface area contributed by atoms with Gasteiger partial charge in [-0.05, 0) is 33.6 Å². The number of imidazole rings is 1. The monoisotopic (exact) mass is 331 g/mol. The van der Waals surface area contributed by atoms with Crippen molar-refractivity contribution in [3.8, 4) is 0 Å². The lowest BCUT2D eigenvalue weighted by Gasteiger charge is -2.18. The Bertz CT molecular complexity index is 591. The third-order valence-corrected chi connectivity index (χ3v) is 3.15. The molecule has 0 radical (unpaired) electrons. The van der Waals surface area contributed by atoms with Gasteiger partial charge in [0.2, 0.25) is 0 Å². The van der Waals surface area contributed by atoms with Crippen LogP contribution in [-0.2, 0) is 13.0 Å². The molecule has 0 saturated heterocycles. The molecule has 0 unspecified atom stereocenters. The van der Waals surface area contributed by atoms with E-state index in [4.69, 9.17) is 5.73 Å². The van der Waals surface area contributed by atoms with Crippen LogP contribution in [-0.4, -0.2) is 22.4 Å². The summed E-state index contributed by atoms with van der Waals surface area (Å²) >= 11 is 0. The van der Waals surface area contributed by atoms with Crippen LogP contribution in [0.3, 0.4) is 0 Å². The minimum atomic E-state index is 0.261. The fraction of sp³-hybridized carbons (Fsp3) is 0.474. The molecule has 0 saturated carbocycles. The second-order valence-corrected chi connectivity index (χ2v) is 5.16. The van der Waals surface area contributed by atoms with E-state index >= 15 is 0 Å². The highest BCUT2D eigenvalue weighted by Gasteiger charge is 2.19. The van der Waals surface area contributed by atoms with Gasteiger partial charge in [-0.2, -0.15) is 0 Å². The lowest BCUT2D eigenvalue weighted by atomic mass is 10.1. The molecule has 0 amide bonds. The van der Waals surface area contributed by atoms with Gasteiger partial charge in [0, 0.05) is 24.6 Å². The van der Waals surface area contributed by atoms with E-state index in [0.29, 0.717) is 6.54 Å². The Hall–Kier alpha value is -2.14. The lowest BCUT2D eigenvalue weighted by Crippen LogP contribution is -2.26. The molecular weight excluding hydrogens is 298 g/mol. The number of nitrogens with zero attached hydrogens (tertiary/aromatic N) is 3. The average Bonchev–Trinajstić information content (AvgIpc) is 2.93. The average molecular weight is 332 g/mol. The van der Waals surface area contributed by atoms with E-state index in [0.717, 1.165) is 34.9 Å². The van der Waals surface area contributed by atoms with Gasteiger partial charge in [-0.25, -0.2) is 9.66 Å². The number of allylic oxidation sites excluding steroid dienone is 4. The molecule has 1 aromatic rings. The Balaban J connectivity index is 0.00000254. The Morgan fingerprint density at radius 1 is 1.42 bits per heavy atom. The van der Waals surface area contributed by atoms with Gasteiger partial charge in [-0.1, -0.05) is 39.5 Å². The van der Waals surface area contributed by atoms with Gasteiger partial charge in [-0.3, -0.25) is 4.99 Å². The van der Waals surface area contributed by atoms with Crippen LogP contribution in [0.5, 0.6) is 0 Å². The Morgan fingerprint density at radius 3 is 2.42 bits per heavy atom. The topological polar surface area (TPSA) is 68.2 Å². The molecule has 0 fully saturated rings. The molecule has 0 aliphatic carbocycles. The quantitative estimate of drug-likeness (QED) is 0.557. The summed E-state index contributed by atoms with van der Waals surface area (Å²) in [6.45, 7) is 20.1. The van der Waals surface area contributed by atoms with Crippen molar-refractivity contribution in [2.24, 2.45) is 10.7 Å². The third-order valence-electron chi connectivity index (χ3n) is 3.15. The molecule has 0 aliphatic heterocycles. The van der Waals surface area contributed by atoms with Crippen LogP contribution in [0.1, 0.15) is 58.8 Å². The summed E-state index contributed by atoms with van der Waals surface area (Å²) in [5.41, 5.74) is 12.7. The van der Waals surface area contributed by atoms with Gasteiger partial charge < -0.3 is 11.2 Å². The van der Waals surface area contributed by atoms with E-state index < -0.39 is 0 Å². The molecule has 0 bridgehead atoms. The fourth-order valence-electron chi connectivity index (χ4n) is 2.28. The number of hydrogen-bond acceptors (Lipinski definition) is 4. The maximum Gasteiger partial charge on any atom is 0.128 e. The molecular formula is C19H33N5. The predicted octanol–water partition coefficient (Wildman–Crippen LogP) is 4.06. The van der Waals surface area contributed by atoms with Crippen LogP contribution in [0.4, 0.5) is 0 Å². The van der Waals surface area contributed by atoms with E-state index in [1.807, 2.05) is 37.6 Å². The molecule has 5 nitrogen and oxygen atoms in total. The minimum Gasteiger partial charge on any atom is -0.325 e. The van der Waals surface area contributed by atoms with Crippen molar-refractivity contribution in [2.45, 2.75) is 60.5 Å². The maximum atomic E-state index is 5.90. The van der Waals surface area contributed by atoms with Crippen LogP contribution < -0.4 is 11.2 Å². The smallest absolute Gasteiger partial charge is 0.128 e. The Labute approximate surface area is 147 Å². The fourth-order valence-corrected chi connectivity index (χ4v) is 2.28. The number of aromatic nitrogens is 2. The van der Waals surface area contributed by atoms with Gasteiger partial charge in [0.1, 0.15) is 5.82 Å². The first kappa shape index (κ1) is 21.9. The van der Waals surface area contributed by atoms with E-state index in [2.05, 4.69) is 49.5 Å². The first-order valence-electron chi connectivity index (χ1n) is 8.57. The number of nitrogens with one attached hydrogen (secondary N) is 1. The van der Waals surface area contributed by atoms with Crippen molar-refractivity contribution < 1.29 is 0 Å². The predicted molar refractivity (Wildman–Crippen MR) is 107 cm³/mol. The molecule has 24 heavy (non-hydrogen) atoms. The summed E-state index contributed by atoms with van der Waals surface area (Å²) in [6.07, 6.45) is 6.41. The summed E-state index contributed by atoms with van der Waals surface area (Å²) < 4.78 is 2.00. The van der Waals surface area contributed by atoms with Crippen molar-refractivity contribution >= 4 is 12.3 Å². The Morgan fingerprint density at radius 2 is 2.04 bits per heavy atom. The molecule has 134 valence electrons. The summed E-state index contributed by atoms with van der Waals surface area (Å²) in [5.74, 6) is 0.937. The molecule has 5 heteroatoms. The van der Waals surface area contributed by atoms with Gasteiger partial charge >= 0.3 is 0 Å². The van der Waals surface area contributed by atoms with Gasteiger partial charge in [0.15, 0.2) is 0 Å². The van der Waals surface area contributed by atoms with Crippen molar-refractivity contribution in [1.29, 1.82) is 0 Å². The number of hydrogen-bond donors (Lipinski definition) is 2. The number of rotatable bonds is 8. The van der Waals surface area contributed by atoms with Gasteiger partial charge in [-0.15, -0.1) is 0 Å². The van der Waals surface area contributed by atoms with Crippen LogP contribution in [0.25, 0.3) is 5.57 Å². The zero-order valence-electron chi connectivity index (χ0n) is 16.1. The van der Waals surface area contributed by atoms with E-state index in [1.54, 1.807) is 6.08 Å². The first-order valence-corrected chi connectivity index (χ1v) is 8.57. The number of aliphatic imine (C=N–C) groups is 1. The molecule has 0 spiro atoms. The summed E-state index contributed by atoms with van der Waals surface area (Å²) in [5, 5.41) is 0. The lowest BCUT2D eigenvalue weighted by molar-refractivity contribution is 0.695. The molecule has 1 aromatic heterocycles. The van der Waals surface area contributed by atoms with E-state index in [1.165, 1.54) is 0 Å². The highest BCUT2D eigenvalue weighted by atomic mass is 15.5. The van der Waals surface area contributed by atoms with E-state index in [9.17, 15) is 0 Å². The molecule has 3 N–H and O–H groups in total. The SMILES string of the molecule is C=C/C(=C(\C=C/C)N=C)c1c(CN)nc(CC)n1NC(C)C.CC. The molecule has 1 rings (SSSR count). The third kappa shape index (κ3) is 5.20. The highest BCUT2D eigenvalue weighted by molar-refractivity contribution is 5.78. The standard InChI is InChI=1S/C17H27N5.C2H6/c1-7-10-14(19-6)13(8-2)17-15(11-18)20-16(9-3)22(17)21-12(4)5;1-2/h7-8,10,12,21H,2,6,9,11,18H2,1,3-5H3;1-2H3/b10-7-,14-13-;. The van der Waals surface area contributed by atoms with Crippen LogP contribution >= 0.6 is 0 Å². The summed E-state index contributed by atoms with van der Waals surface area (Å²) in [7, 11) is 0. The van der Waals surface area contributed by atoms with Crippen molar-refractivity contribution in [2.75, 3.05) is 5.43 Å². The number of aryl methyl sites for hydroxylation is 1. The second-order valence-electron chi connectivity index (χ2n) is 5.16. The van der Waals surface area contributed by atoms with Crippen LogP contribution in [0, 0.1) is 0 Å². The van der Waals surface area contributed by atoms with Crippen LogP contribution in [0.2, 0.25) is 0 Å². The Kier molecular flexibility index (Phi) is 10.4. The molecule has 1 heterocycles.